The Balaban J connectivity index is 2.23. The highest BCUT2D eigenvalue weighted by Crippen LogP contribution is 2.38. The zero-order valence-corrected chi connectivity index (χ0v) is 11.5. The molecule has 2 aromatic rings. The van der Waals surface area contributed by atoms with Crippen molar-refractivity contribution in [1.82, 2.24) is 0 Å². The molecule has 0 spiro atoms. The Morgan fingerprint density at radius 1 is 1.05 bits per heavy atom. The Morgan fingerprint density at radius 3 is 2.30 bits per heavy atom. The number of hydrogen-bond donors (Lipinski definition) is 1. The van der Waals surface area contributed by atoms with Crippen LogP contribution >= 0.6 is 11.6 Å². The van der Waals surface area contributed by atoms with Crippen molar-refractivity contribution in [2.24, 2.45) is 0 Å². The summed E-state index contributed by atoms with van der Waals surface area (Å²) in [5.41, 5.74) is 1.16. The number of para-hydroxylation sites is 1. The standard InChI is InChI=1S/C15H13ClF3N/c1-10-5-7-11(8-6-10)9-20-14-12(15(17,18)19)3-2-4-13(14)16/h2-8,20H,9H2,1H3. The van der Waals surface area contributed by atoms with Gasteiger partial charge in [0.15, 0.2) is 0 Å². The van der Waals surface area contributed by atoms with Crippen LogP contribution in [0, 0.1) is 6.92 Å². The van der Waals surface area contributed by atoms with Gasteiger partial charge in [-0.1, -0.05) is 47.5 Å². The molecule has 0 saturated heterocycles. The number of hydrogen-bond acceptors (Lipinski definition) is 1. The molecule has 20 heavy (non-hydrogen) atoms. The smallest absolute Gasteiger partial charge is 0.379 e. The van der Waals surface area contributed by atoms with Gasteiger partial charge in [0.1, 0.15) is 0 Å². The van der Waals surface area contributed by atoms with Crippen LogP contribution in [0.2, 0.25) is 5.02 Å². The van der Waals surface area contributed by atoms with Crippen LogP contribution in [0.4, 0.5) is 18.9 Å². The van der Waals surface area contributed by atoms with Gasteiger partial charge in [-0.15, -0.1) is 0 Å². The van der Waals surface area contributed by atoms with E-state index in [0.717, 1.165) is 17.2 Å². The van der Waals surface area contributed by atoms with Crippen molar-refractivity contribution < 1.29 is 13.2 Å². The zero-order chi connectivity index (χ0) is 14.8. The summed E-state index contributed by atoms with van der Waals surface area (Å²) in [5, 5.41) is 2.83. The molecule has 2 rings (SSSR count). The van der Waals surface area contributed by atoms with Gasteiger partial charge >= 0.3 is 6.18 Å². The van der Waals surface area contributed by atoms with Crippen LogP contribution in [0.15, 0.2) is 42.5 Å². The van der Waals surface area contributed by atoms with Gasteiger partial charge in [0.05, 0.1) is 16.3 Å². The minimum Gasteiger partial charge on any atom is -0.379 e. The minimum atomic E-state index is -4.43. The van der Waals surface area contributed by atoms with Crippen molar-refractivity contribution in [3.8, 4) is 0 Å². The summed E-state index contributed by atoms with van der Waals surface area (Å²) in [7, 11) is 0. The zero-order valence-electron chi connectivity index (χ0n) is 10.8. The van der Waals surface area contributed by atoms with Gasteiger partial charge in [-0.05, 0) is 24.6 Å². The summed E-state index contributed by atoms with van der Waals surface area (Å²) in [5.74, 6) is 0. The van der Waals surface area contributed by atoms with E-state index in [4.69, 9.17) is 11.6 Å². The molecule has 0 saturated carbocycles. The highest BCUT2D eigenvalue weighted by Gasteiger charge is 2.34. The summed E-state index contributed by atoms with van der Waals surface area (Å²) in [4.78, 5) is 0. The van der Waals surface area contributed by atoms with Gasteiger partial charge in [0.25, 0.3) is 0 Å². The average molecular weight is 300 g/mol. The lowest BCUT2D eigenvalue weighted by atomic mass is 10.1. The summed E-state index contributed by atoms with van der Waals surface area (Å²) < 4.78 is 38.7. The lowest BCUT2D eigenvalue weighted by Gasteiger charge is -2.16. The molecule has 0 amide bonds. The normalized spacial score (nSPS) is 11.4. The number of halogens is 4. The lowest BCUT2D eigenvalue weighted by Crippen LogP contribution is -2.11. The third-order valence-electron chi connectivity index (χ3n) is 2.91. The Bertz CT molecular complexity index is 591. The van der Waals surface area contributed by atoms with E-state index in [0.29, 0.717) is 0 Å². The number of aryl methyl sites for hydroxylation is 1. The van der Waals surface area contributed by atoms with Crippen molar-refractivity contribution in [3.63, 3.8) is 0 Å². The van der Waals surface area contributed by atoms with Crippen molar-refractivity contribution in [3.05, 3.63) is 64.2 Å². The van der Waals surface area contributed by atoms with E-state index in [1.165, 1.54) is 12.1 Å². The Hall–Kier alpha value is -1.68. The molecule has 0 aliphatic heterocycles. The van der Waals surface area contributed by atoms with Crippen LogP contribution < -0.4 is 5.32 Å². The van der Waals surface area contributed by atoms with Gasteiger partial charge < -0.3 is 5.32 Å². The summed E-state index contributed by atoms with van der Waals surface area (Å²) in [6.45, 7) is 2.24. The van der Waals surface area contributed by atoms with Crippen molar-refractivity contribution in [2.45, 2.75) is 19.6 Å². The number of alkyl halides is 3. The first-order valence-corrected chi connectivity index (χ1v) is 6.41. The van der Waals surface area contributed by atoms with Crippen LogP contribution in [0.25, 0.3) is 0 Å². The van der Waals surface area contributed by atoms with Crippen LogP contribution in [-0.2, 0) is 12.7 Å². The number of rotatable bonds is 3. The highest BCUT2D eigenvalue weighted by molar-refractivity contribution is 6.33. The molecular formula is C15H13ClF3N. The molecule has 1 nitrogen and oxygen atoms in total. The molecule has 1 N–H and O–H groups in total. The topological polar surface area (TPSA) is 12.0 Å². The van der Waals surface area contributed by atoms with Gasteiger partial charge in [-0.3, -0.25) is 0 Å². The minimum absolute atomic E-state index is 0.0620. The van der Waals surface area contributed by atoms with Crippen molar-refractivity contribution in [1.29, 1.82) is 0 Å². The van der Waals surface area contributed by atoms with Gasteiger partial charge in [0, 0.05) is 6.54 Å². The quantitative estimate of drug-likeness (QED) is 0.813. The largest absolute Gasteiger partial charge is 0.418 e. The third kappa shape index (κ3) is 3.45. The molecule has 0 aliphatic carbocycles. The van der Waals surface area contributed by atoms with E-state index in [1.54, 1.807) is 0 Å². The number of nitrogens with one attached hydrogen (secondary N) is 1. The lowest BCUT2D eigenvalue weighted by molar-refractivity contribution is -0.136. The average Bonchev–Trinajstić information content (AvgIpc) is 2.38. The predicted octanol–water partition coefficient (Wildman–Crippen LogP) is 5.28. The molecule has 0 atom stereocenters. The van der Waals surface area contributed by atoms with Crippen molar-refractivity contribution >= 4 is 17.3 Å². The molecule has 0 radical (unpaired) electrons. The summed E-state index contributed by atoms with van der Waals surface area (Å²) >= 11 is 5.86. The molecule has 0 heterocycles. The molecule has 2 aromatic carbocycles. The highest BCUT2D eigenvalue weighted by atomic mass is 35.5. The molecule has 0 aromatic heterocycles. The Labute approximate surface area is 120 Å². The van der Waals surface area contributed by atoms with Gasteiger partial charge in [-0.2, -0.15) is 13.2 Å². The van der Waals surface area contributed by atoms with E-state index in [-0.39, 0.29) is 17.3 Å². The van der Waals surface area contributed by atoms with Gasteiger partial charge in [0.2, 0.25) is 0 Å². The van der Waals surface area contributed by atoms with E-state index in [2.05, 4.69) is 5.32 Å². The summed E-state index contributed by atoms with van der Waals surface area (Å²) in [6, 6.07) is 11.3. The molecule has 106 valence electrons. The SMILES string of the molecule is Cc1ccc(CNc2c(Cl)cccc2C(F)(F)F)cc1. The molecule has 5 heteroatoms. The van der Waals surface area contributed by atoms with E-state index >= 15 is 0 Å². The van der Waals surface area contributed by atoms with Crippen LogP contribution in [-0.4, -0.2) is 0 Å². The first-order chi connectivity index (χ1) is 9.38. The maximum absolute atomic E-state index is 12.9. The van der Waals surface area contributed by atoms with E-state index in [1.807, 2.05) is 31.2 Å². The first kappa shape index (κ1) is 14.7. The maximum Gasteiger partial charge on any atom is 0.418 e. The second-order valence-electron chi connectivity index (χ2n) is 4.50. The van der Waals surface area contributed by atoms with Crippen LogP contribution in [0.5, 0.6) is 0 Å². The van der Waals surface area contributed by atoms with E-state index in [9.17, 15) is 13.2 Å². The van der Waals surface area contributed by atoms with Gasteiger partial charge in [-0.25, -0.2) is 0 Å². The maximum atomic E-state index is 12.9. The van der Waals surface area contributed by atoms with Crippen LogP contribution in [0.3, 0.4) is 0 Å². The van der Waals surface area contributed by atoms with Crippen molar-refractivity contribution in [2.75, 3.05) is 5.32 Å². The molecule has 0 bridgehead atoms. The Morgan fingerprint density at radius 2 is 1.70 bits per heavy atom. The van der Waals surface area contributed by atoms with Crippen LogP contribution in [0.1, 0.15) is 16.7 Å². The third-order valence-corrected chi connectivity index (χ3v) is 3.22. The number of benzene rings is 2. The fourth-order valence-corrected chi connectivity index (χ4v) is 2.08. The fourth-order valence-electron chi connectivity index (χ4n) is 1.84. The Kier molecular flexibility index (Phi) is 4.23. The first-order valence-electron chi connectivity index (χ1n) is 6.03. The van der Waals surface area contributed by atoms with E-state index < -0.39 is 11.7 Å². The number of anilines is 1. The second-order valence-corrected chi connectivity index (χ2v) is 4.91. The fraction of sp³-hybridized carbons (Fsp3) is 0.200. The second kappa shape index (κ2) is 5.75. The monoisotopic (exact) mass is 299 g/mol. The molecular weight excluding hydrogens is 287 g/mol. The predicted molar refractivity (Wildman–Crippen MR) is 75.0 cm³/mol. The molecule has 0 aliphatic rings. The molecule has 0 fully saturated rings. The molecule has 0 unspecified atom stereocenters. The summed E-state index contributed by atoms with van der Waals surface area (Å²) in [6.07, 6.45) is -4.43.